The van der Waals surface area contributed by atoms with Gasteiger partial charge in [-0.1, -0.05) is 13.0 Å². The topological polar surface area (TPSA) is 43.4 Å². The molecule has 4 heteroatoms. The maximum atomic E-state index is 10.0. The molecule has 1 saturated carbocycles. The summed E-state index contributed by atoms with van der Waals surface area (Å²) in [5.41, 5.74) is 0. The molecule has 0 amide bonds. The van der Waals surface area contributed by atoms with Crippen molar-refractivity contribution in [3.05, 3.63) is 12.2 Å². The summed E-state index contributed by atoms with van der Waals surface area (Å²) in [6.45, 7) is 3.81. The van der Waals surface area contributed by atoms with Gasteiger partial charge in [-0.05, 0) is 25.5 Å². The second-order valence-electron chi connectivity index (χ2n) is 3.04. The second kappa shape index (κ2) is 6.26. The number of likely N-dealkylation sites (N-methyl/N-ethyl adjacent to an activating group) is 1. The van der Waals surface area contributed by atoms with Crippen molar-refractivity contribution in [1.29, 1.82) is 0 Å². The summed E-state index contributed by atoms with van der Waals surface area (Å²) in [5.74, 6) is -1.11. The van der Waals surface area contributed by atoms with Gasteiger partial charge in [-0.25, -0.2) is 0 Å². The number of carbonyl (C=O) groups excluding carboxylic acids is 1. The summed E-state index contributed by atoms with van der Waals surface area (Å²) < 4.78 is 0. The van der Waals surface area contributed by atoms with Crippen LogP contribution in [-0.2, 0) is 4.79 Å². The van der Waals surface area contributed by atoms with Gasteiger partial charge in [0.25, 0.3) is 0 Å². The summed E-state index contributed by atoms with van der Waals surface area (Å²) in [4.78, 5) is 12.3. The van der Waals surface area contributed by atoms with Crippen LogP contribution in [-0.4, -0.2) is 30.0 Å². The smallest absolute Gasteiger partial charge is 0.545 e. The van der Waals surface area contributed by atoms with Gasteiger partial charge in [-0.15, -0.1) is 0 Å². The molecule has 3 nitrogen and oxygen atoms in total. The van der Waals surface area contributed by atoms with Crippen molar-refractivity contribution in [2.75, 3.05) is 13.1 Å². The number of nitrogens with zero attached hydrogens (tertiary/aromatic N) is 1. The molecule has 1 rings (SSSR count). The SMILES string of the molecule is CCN(C/C=C/C(=O)[O-])C1CC1.[Li+]. The molecule has 0 heterocycles. The zero-order valence-corrected chi connectivity index (χ0v) is 8.32. The van der Waals surface area contributed by atoms with E-state index in [0.717, 1.165) is 19.2 Å². The Morgan fingerprint density at radius 2 is 2.23 bits per heavy atom. The minimum Gasteiger partial charge on any atom is -0.545 e. The average Bonchev–Trinajstić information content (AvgIpc) is 2.80. The molecule has 0 saturated heterocycles. The van der Waals surface area contributed by atoms with E-state index in [2.05, 4.69) is 11.8 Å². The number of hydrogen-bond donors (Lipinski definition) is 0. The van der Waals surface area contributed by atoms with E-state index in [1.807, 2.05) is 0 Å². The minimum atomic E-state index is -1.11. The van der Waals surface area contributed by atoms with E-state index >= 15 is 0 Å². The molecule has 0 aromatic heterocycles. The molecule has 1 aliphatic rings. The van der Waals surface area contributed by atoms with Crippen LogP contribution in [0.25, 0.3) is 0 Å². The van der Waals surface area contributed by atoms with Crippen molar-refractivity contribution in [3.8, 4) is 0 Å². The fourth-order valence-electron chi connectivity index (χ4n) is 1.26. The fraction of sp³-hybridized carbons (Fsp3) is 0.667. The van der Waals surface area contributed by atoms with Gasteiger partial charge in [0.15, 0.2) is 0 Å². The van der Waals surface area contributed by atoms with Crippen LogP contribution in [0.5, 0.6) is 0 Å². The third kappa shape index (κ3) is 5.15. The summed E-state index contributed by atoms with van der Waals surface area (Å²) in [6.07, 6.45) is 5.27. The van der Waals surface area contributed by atoms with Crippen LogP contribution < -0.4 is 24.0 Å². The molecular weight excluding hydrogens is 161 g/mol. The third-order valence-electron chi connectivity index (χ3n) is 2.06. The molecule has 0 atom stereocenters. The van der Waals surface area contributed by atoms with Crippen LogP contribution >= 0.6 is 0 Å². The van der Waals surface area contributed by atoms with Crippen molar-refractivity contribution >= 4 is 5.97 Å². The van der Waals surface area contributed by atoms with Gasteiger partial charge < -0.3 is 9.90 Å². The summed E-state index contributed by atoms with van der Waals surface area (Å²) in [6, 6.07) is 0.696. The molecular formula is C9H14LiNO2. The number of rotatable bonds is 5. The predicted octanol–water partition coefficient (Wildman–Crippen LogP) is -3.22. The van der Waals surface area contributed by atoms with E-state index < -0.39 is 5.97 Å². The Bertz CT molecular complexity index is 190. The number of carboxylic acid groups (broad SMARTS) is 1. The Kier molecular flexibility index (Phi) is 6.14. The quantitative estimate of drug-likeness (QED) is 0.326. The van der Waals surface area contributed by atoms with E-state index in [1.54, 1.807) is 6.08 Å². The summed E-state index contributed by atoms with van der Waals surface area (Å²) >= 11 is 0. The molecule has 0 aliphatic heterocycles. The van der Waals surface area contributed by atoms with Crippen LogP contribution in [0.4, 0.5) is 0 Å². The first kappa shape index (κ1) is 12.8. The van der Waals surface area contributed by atoms with E-state index in [4.69, 9.17) is 0 Å². The standard InChI is InChI=1S/C9H15NO2.Li/c1-2-10(8-5-6-8)7-3-4-9(11)12;/h3-4,8H,2,5-7H2,1H3,(H,11,12);/q;+1/p-1/b4-3+;. The molecule has 13 heavy (non-hydrogen) atoms. The van der Waals surface area contributed by atoms with Gasteiger partial charge in [-0.2, -0.15) is 0 Å². The van der Waals surface area contributed by atoms with Crippen molar-refractivity contribution < 1.29 is 28.8 Å². The van der Waals surface area contributed by atoms with Crippen molar-refractivity contribution in [2.45, 2.75) is 25.8 Å². The Morgan fingerprint density at radius 3 is 2.62 bits per heavy atom. The fourth-order valence-corrected chi connectivity index (χ4v) is 1.26. The summed E-state index contributed by atoms with van der Waals surface area (Å²) in [7, 11) is 0. The molecule has 0 spiro atoms. The molecule has 0 N–H and O–H groups in total. The third-order valence-corrected chi connectivity index (χ3v) is 2.06. The molecule has 1 aliphatic carbocycles. The van der Waals surface area contributed by atoms with E-state index in [9.17, 15) is 9.90 Å². The van der Waals surface area contributed by atoms with Crippen LogP contribution in [0, 0.1) is 0 Å². The average molecular weight is 175 g/mol. The first-order valence-corrected chi connectivity index (χ1v) is 4.35. The Hall–Kier alpha value is -0.233. The molecule has 0 unspecified atom stereocenters. The number of aliphatic carboxylic acids is 1. The van der Waals surface area contributed by atoms with Gasteiger partial charge in [0.2, 0.25) is 0 Å². The molecule has 0 aromatic carbocycles. The van der Waals surface area contributed by atoms with Crippen molar-refractivity contribution in [1.82, 2.24) is 4.90 Å². The van der Waals surface area contributed by atoms with Crippen LogP contribution in [0.15, 0.2) is 12.2 Å². The number of carbonyl (C=O) groups is 1. The first-order valence-electron chi connectivity index (χ1n) is 4.35. The van der Waals surface area contributed by atoms with E-state index in [0.29, 0.717) is 6.04 Å². The minimum absolute atomic E-state index is 0. The van der Waals surface area contributed by atoms with Crippen molar-refractivity contribution in [3.63, 3.8) is 0 Å². The zero-order valence-electron chi connectivity index (χ0n) is 8.32. The second-order valence-corrected chi connectivity index (χ2v) is 3.04. The Balaban J connectivity index is 0.00000144. The zero-order chi connectivity index (χ0) is 8.97. The maximum Gasteiger partial charge on any atom is 1.00 e. The molecule has 0 bridgehead atoms. The molecule has 0 aromatic rings. The molecule has 1 fully saturated rings. The van der Waals surface area contributed by atoms with Gasteiger partial charge in [0, 0.05) is 12.6 Å². The summed E-state index contributed by atoms with van der Waals surface area (Å²) in [5, 5.41) is 10.0. The van der Waals surface area contributed by atoms with E-state index in [-0.39, 0.29) is 18.9 Å². The number of carboxylic acids is 1. The predicted molar refractivity (Wildman–Crippen MR) is 44.4 cm³/mol. The van der Waals surface area contributed by atoms with Crippen LogP contribution in [0.3, 0.4) is 0 Å². The first-order chi connectivity index (χ1) is 5.74. The monoisotopic (exact) mass is 175 g/mol. The van der Waals surface area contributed by atoms with Gasteiger partial charge in [0.1, 0.15) is 0 Å². The largest absolute Gasteiger partial charge is 1.00 e. The molecule has 68 valence electrons. The number of hydrogen-bond acceptors (Lipinski definition) is 3. The molecule has 0 radical (unpaired) electrons. The maximum absolute atomic E-state index is 10.0. The van der Waals surface area contributed by atoms with Gasteiger partial charge in [0.05, 0.1) is 5.97 Å². The van der Waals surface area contributed by atoms with Crippen LogP contribution in [0.1, 0.15) is 19.8 Å². The Labute approximate surface area is 91.0 Å². The normalized spacial score (nSPS) is 16.2. The van der Waals surface area contributed by atoms with Gasteiger partial charge >= 0.3 is 18.9 Å². The van der Waals surface area contributed by atoms with Crippen LogP contribution in [0.2, 0.25) is 0 Å². The van der Waals surface area contributed by atoms with E-state index in [1.165, 1.54) is 12.8 Å². The Morgan fingerprint density at radius 1 is 1.62 bits per heavy atom. The van der Waals surface area contributed by atoms with Gasteiger partial charge in [-0.3, -0.25) is 4.90 Å². The van der Waals surface area contributed by atoms with Crippen molar-refractivity contribution in [2.24, 2.45) is 0 Å².